The molecule has 0 bridgehead atoms. The largest absolute Gasteiger partial charge is 0.497 e. The van der Waals surface area contributed by atoms with E-state index in [0.29, 0.717) is 27.7 Å². The highest BCUT2D eigenvalue weighted by molar-refractivity contribution is 8.01. The van der Waals surface area contributed by atoms with Crippen molar-refractivity contribution in [2.75, 3.05) is 23.5 Å². The molecule has 2 N–H and O–H groups in total. The Hall–Kier alpha value is -3.07. The molecule has 0 spiro atoms. The molecule has 0 saturated carbocycles. The Morgan fingerprint density at radius 2 is 1.72 bits per heavy atom. The van der Waals surface area contributed by atoms with Gasteiger partial charge >= 0.3 is 0 Å². The molecular formula is C23H18ClN3O3S2. The fraction of sp³-hybridized carbons (Fsp3) is 0.0870. The highest BCUT2D eigenvalue weighted by Crippen LogP contribution is 2.31. The van der Waals surface area contributed by atoms with Crippen LogP contribution >= 0.6 is 34.7 Å². The normalized spacial score (nSPS) is 10.7. The van der Waals surface area contributed by atoms with Gasteiger partial charge in [-0.3, -0.25) is 9.59 Å². The summed E-state index contributed by atoms with van der Waals surface area (Å²) in [6.45, 7) is 0. The number of rotatable bonds is 7. The van der Waals surface area contributed by atoms with Crippen molar-refractivity contribution in [3.05, 3.63) is 77.3 Å². The lowest BCUT2D eigenvalue weighted by molar-refractivity contribution is -0.113. The summed E-state index contributed by atoms with van der Waals surface area (Å²) in [5.41, 5.74) is 2.73. The summed E-state index contributed by atoms with van der Waals surface area (Å²) in [6, 6.07) is 19.4. The Kier molecular flexibility index (Phi) is 6.94. The summed E-state index contributed by atoms with van der Waals surface area (Å²) in [4.78, 5) is 29.2. The summed E-state index contributed by atoms with van der Waals surface area (Å²) < 4.78 is 6.83. The van der Waals surface area contributed by atoms with Crippen LogP contribution < -0.4 is 15.4 Å². The standard InChI is InChI=1S/C23H18ClN3O3S2/c1-30-18-9-2-14(3-10-18)22(29)26-17-8-11-19-20(12-17)32-23(27-19)31-13-21(28)25-16-6-4-15(24)5-7-16/h2-12H,13H2,1H3,(H,25,28)(H,26,29). The zero-order valence-corrected chi connectivity index (χ0v) is 19.3. The second-order valence-electron chi connectivity index (χ2n) is 6.69. The topological polar surface area (TPSA) is 80.3 Å². The van der Waals surface area contributed by atoms with Crippen LogP contribution in [0.5, 0.6) is 5.75 Å². The van der Waals surface area contributed by atoms with Crippen molar-refractivity contribution in [3.63, 3.8) is 0 Å². The van der Waals surface area contributed by atoms with Crippen molar-refractivity contribution in [1.29, 1.82) is 0 Å². The van der Waals surface area contributed by atoms with Gasteiger partial charge in [-0.25, -0.2) is 4.98 Å². The van der Waals surface area contributed by atoms with Gasteiger partial charge in [-0.1, -0.05) is 23.4 Å². The number of nitrogens with one attached hydrogen (secondary N) is 2. The monoisotopic (exact) mass is 483 g/mol. The lowest BCUT2D eigenvalue weighted by atomic mass is 10.2. The lowest BCUT2D eigenvalue weighted by Crippen LogP contribution is -2.13. The first-order valence-electron chi connectivity index (χ1n) is 9.54. The van der Waals surface area contributed by atoms with Crippen LogP contribution in [0.3, 0.4) is 0 Å². The van der Waals surface area contributed by atoms with Gasteiger partial charge in [-0.15, -0.1) is 11.3 Å². The SMILES string of the molecule is COc1ccc(C(=O)Nc2ccc3nc(SCC(=O)Nc4ccc(Cl)cc4)sc3c2)cc1. The van der Waals surface area contributed by atoms with E-state index in [0.717, 1.165) is 14.6 Å². The zero-order chi connectivity index (χ0) is 22.5. The highest BCUT2D eigenvalue weighted by atomic mass is 35.5. The van der Waals surface area contributed by atoms with Crippen LogP contribution in [0.4, 0.5) is 11.4 Å². The number of carbonyl (C=O) groups excluding carboxylic acids is 2. The number of methoxy groups -OCH3 is 1. The van der Waals surface area contributed by atoms with Crippen LogP contribution in [0.2, 0.25) is 5.02 Å². The first-order valence-corrected chi connectivity index (χ1v) is 11.7. The van der Waals surface area contributed by atoms with Crippen molar-refractivity contribution in [1.82, 2.24) is 4.98 Å². The Bertz CT molecular complexity index is 1260. The van der Waals surface area contributed by atoms with E-state index in [1.165, 1.54) is 23.1 Å². The van der Waals surface area contributed by atoms with Crippen LogP contribution in [0.15, 0.2) is 71.1 Å². The number of fused-ring (bicyclic) bond motifs is 1. The van der Waals surface area contributed by atoms with Gasteiger partial charge in [0.05, 0.1) is 23.1 Å². The maximum Gasteiger partial charge on any atom is 0.255 e. The molecule has 0 atom stereocenters. The van der Waals surface area contributed by atoms with E-state index < -0.39 is 0 Å². The molecule has 162 valence electrons. The van der Waals surface area contributed by atoms with E-state index in [2.05, 4.69) is 15.6 Å². The third-order valence-electron chi connectivity index (χ3n) is 4.43. The third-order valence-corrected chi connectivity index (χ3v) is 6.85. The van der Waals surface area contributed by atoms with Gasteiger partial charge in [0.15, 0.2) is 4.34 Å². The predicted octanol–water partition coefficient (Wildman–Crippen LogP) is 5.94. The molecule has 0 unspecified atom stereocenters. The van der Waals surface area contributed by atoms with Crippen molar-refractivity contribution >= 4 is 68.1 Å². The van der Waals surface area contributed by atoms with Gasteiger partial charge < -0.3 is 15.4 Å². The Morgan fingerprint density at radius 1 is 1.00 bits per heavy atom. The minimum Gasteiger partial charge on any atom is -0.497 e. The van der Waals surface area contributed by atoms with Crippen LogP contribution in [0.25, 0.3) is 10.2 Å². The molecule has 4 rings (SSSR count). The quantitative estimate of drug-likeness (QED) is 0.318. The van der Waals surface area contributed by atoms with Crippen LogP contribution in [-0.2, 0) is 4.79 Å². The van der Waals surface area contributed by atoms with Crippen molar-refractivity contribution < 1.29 is 14.3 Å². The number of halogens is 1. The number of hydrogen-bond donors (Lipinski definition) is 2. The molecule has 0 aliphatic heterocycles. The molecule has 6 nitrogen and oxygen atoms in total. The van der Waals surface area contributed by atoms with E-state index in [-0.39, 0.29) is 17.6 Å². The predicted molar refractivity (Wildman–Crippen MR) is 131 cm³/mol. The third kappa shape index (κ3) is 5.59. The van der Waals surface area contributed by atoms with Gasteiger partial charge in [0, 0.05) is 22.0 Å². The van der Waals surface area contributed by atoms with E-state index in [9.17, 15) is 9.59 Å². The number of hydrogen-bond acceptors (Lipinski definition) is 6. The fourth-order valence-corrected chi connectivity index (χ4v) is 4.88. The van der Waals surface area contributed by atoms with Gasteiger partial charge in [0.1, 0.15) is 5.75 Å². The number of aromatic nitrogens is 1. The van der Waals surface area contributed by atoms with Crippen LogP contribution in [0.1, 0.15) is 10.4 Å². The van der Waals surface area contributed by atoms with E-state index in [1.54, 1.807) is 55.6 Å². The molecular weight excluding hydrogens is 466 g/mol. The minimum atomic E-state index is -0.204. The van der Waals surface area contributed by atoms with Crippen LogP contribution in [0, 0.1) is 0 Å². The Morgan fingerprint density at radius 3 is 2.44 bits per heavy atom. The summed E-state index contributed by atoms with van der Waals surface area (Å²) in [7, 11) is 1.58. The maximum atomic E-state index is 12.5. The number of benzene rings is 3. The van der Waals surface area contributed by atoms with Crippen molar-refractivity contribution in [2.24, 2.45) is 0 Å². The lowest BCUT2D eigenvalue weighted by Gasteiger charge is -2.06. The second kappa shape index (κ2) is 10.0. The van der Waals surface area contributed by atoms with Crippen molar-refractivity contribution in [2.45, 2.75) is 4.34 Å². The summed E-state index contributed by atoms with van der Waals surface area (Å²) >= 11 is 8.70. The molecule has 4 aromatic rings. The smallest absolute Gasteiger partial charge is 0.255 e. The molecule has 0 fully saturated rings. The van der Waals surface area contributed by atoms with Gasteiger partial charge in [0.2, 0.25) is 5.91 Å². The first-order chi connectivity index (χ1) is 15.5. The first kappa shape index (κ1) is 22.1. The fourth-order valence-electron chi connectivity index (χ4n) is 2.85. The van der Waals surface area contributed by atoms with E-state index in [4.69, 9.17) is 16.3 Å². The van der Waals surface area contributed by atoms with E-state index in [1.807, 2.05) is 18.2 Å². The number of nitrogens with zero attached hydrogens (tertiary/aromatic N) is 1. The Balaban J connectivity index is 1.37. The van der Waals surface area contributed by atoms with Gasteiger partial charge in [-0.05, 0) is 66.7 Å². The molecule has 0 radical (unpaired) electrons. The average Bonchev–Trinajstić information content (AvgIpc) is 3.21. The molecule has 3 aromatic carbocycles. The second-order valence-corrected chi connectivity index (χ2v) is 9.38. The molecule has 1 aromatic heterocycles. The molecule has 2 amide bonds. The molecule has 9 heteroatoms. The molecule has 32 heavy (non-hydrogen) atoms. The number of ether oxygens (including phenoxy) is 1. The number of thiazole rings is 1. The molecule has 1 heterocycles. The summed E-state index contributed by atoms with van der Waals surface area (Å²) in [6.07, 6.45) is 0. The van der Waals surface area contributed by atoms with Gasteiger partial charge in [-0.2, -0.15) is 0 Å². The highest BCUT2D eigenvalue weighted by Gasteiger charge is 2.11. The Labute approximate surface area is 198 Å². The van der Waals surface area contributed by atoms with Gasteiger partial charge in [0.25, 0.3) is 5.91 Å². The molecule has 0 saturated heterocycles. The molecule has 0 aliphatic carbocycles. The number of carbonyl (C=O) groups is 2. The average molecular weight is 484 g/mol. The zero-order valence-electron chi connectivity index (χ0n) is 16.9. The summed E-state index contributed by atoms with van der Waals surface area (Å²) in [5.74, 6) is 0.609. The number of anilines is 2. The number of thioether (sulfide) groups is 1. The van der Waals surface area contributed by atoms with Crippen LogP contribution in [-0.4, -0.2) is 29.7 Å². The van der Waals surface area contributed by atoms with E-state index >= 15 is 0 Å². The van der Waals surface area contributed by atoms with Crippen molar-refractivity contribution in [3.8, 4) is 5.75 Å². The summed E-state index contributed by atoms with van der Waals surface area (Å²) in [5, 5.41) is 6.34. The minimum absolute atomic E-state index is 0.121. The maximum absolute atomic E-state index is 12.5. The molecule has 0 aliphatic rings. The number of amides is 2.